The van der Waals surface area contributed by atoms with Gasteiger partial charge in [0.15, 0.2) is 5.82 Å². The van der Waals surface area contributed by atoms with Crippen LogP contribution in [-0.2, 0) is 0 Å². The van der Waals surface area contributed by atoms with Gasteiger partial charge in [-0.05, 0) is 0 Å². The quantitative estimate of drug-likeness (QED) is 0.465. The molecule has 0 aliphatic rings. The van der Waals surface area contributed by atoms with E-state index in [9.17, 15) is 0 Å². The Morgan fingerprint density at radius 1 is 1.15 bits per heavy atom. The number of hydrogen-bond donors (Lipinski definition) is 3. The van der Waals surface area contributed by atoms with E-state index in [0.29, 0.717) is 11.8 Å². The first-order valence-electron chi connectivity index (χ1n) is 3.85. The van der Waals surface area contributed by atoms with Crippen molar-refractivity contribution < 1.29 is 0 Å². The molecule has 0 aliphatic heterocycles. The first kappa shape index (κ1) is 7.75. The first-order valence-corrected chi connectivity index (χ1v) is 3.85. The largest absolute Gasteiger partial charge is 0.306 e. The number of rotatable bonds is 2. The van der Waals surface area contributed by atoms with Gasteiger partial charge in [-0.15, -0.1) is 10.2 Å². The maximum atomic E-state index is 5.16. The van der Waals surface area contributed by atoms with Gasteiger partial charge in [-0.1, -0.05) is 30.3 Å². The third-order valence-electron chi connectivity index (χ3n) is 1.67. The molecule has 0 amide bonds. The van der Waals surface area contributed by atoms with Crippen LogP contribution in [0.15, 0.2) is 30.3 Å². The van der Waals surface area contributed by atoms with Crippen LogP contribution in [-0.4, -0.2) is 15.2 Å². The lowest BCUT2D eigenvalue weighted by Crippen LogP contribution is -2.07. The van der Waals surface area contributed by atoms with Crippen LogP contribution in [0.5, 0.6) is 0 Å². The van der Waals surface area contributed by atoms with E-state index >= 15 is 0 Å². The van der Waals surface area contributed by atoms with Crippen LogP contribution in [0, 0.1) is 0 Å². The number of anilines is 1. The summed E-state index contributed by atoms with van der Waals surface area (Å²) < 4.78 is 0. The summed E-state index contributed by atoms with van der Waals surface area (Å²) in [4.78, 5) is 2.92. The molecule has 0 radical (unpaired) electrons. The number of nitrogens with one attached hydrogen (secondary N) is 2. The molecule has 0 saturated heterocycles. The monoisotopic (exact) mass is 175 g/mol. The van der Waals surface area contributed by atoms with Crippen molar-refractivity contribution in [2.24, 2.45) is 5.84 Å². The van der Waals surface area contributed by atoms with Crippen LogP contribution in [0.3, 0.4) is 0 Å². The van der Waals surface area contributed by atoms with Crippen molar-refractivity contribution in [3.05, 3.63) is 30.3 Å². The van der Waals surface area contributed by atoms with Gasteiger partial charge < -0.3 is 4.98 Å². The lowest BCUT2D eigenvalue weighted by atomic mass is 10.2. The zero-order chi connectivity index (χ0) is 9.10. The molecular formula is C8H9N5. The fourth-order valence-electron chi connectivity index (χ4n) is 1.05. The average Bonchev–Trinajstić information content (AvgIpc) is 2.67. The van der Waals surface area contributed by atoms with E-state index in [-0.39, 0.29) is 0 Å². The Morgan fingerprint density at radius 3 is 2.54 bits per heavy atom. The zero-order valence-corrected chi connectivity index (χ0v) is 6.86. The minimum Gasteiger partial charge on any atom is -0.306 e. The smallest absolute Gasteiger partial charge is 0.236 e. The molecule has 0 unspecified atom stereocenters. The van der Waals surface area contributed by atoms with E-state index in [1.165, 1.54) is 0 Å². The van der Waals surface area contributed by atoms with Crippen molar-refractivity contribution in [2.45, 2.75) is 0 Å². The van der Waals surface area contributed by atoms with E-state index in [2.05, 4.69) is 20.6 Å². The summed E-state index contributed by atoms with van der Waals surface area (Å²) in [5, 5.41) is 7.68. The van der Waals surface area contributed by atoms with Gasteiger partial charge in [-0.25, -0.2) is 5.84 Å². The van der Waals surface area contributed by atoms with Crippen LogP contribution in [0.2, 0.25) is 0 Å². The number of aromatic amines is 1. The third-order valence-corrected chi connectivity index (χ3v) is 1.67. The highest BCUT2D eigenvalue weighted by molar-refractivity contribution is 5.55. The lowest BCUT2D eigenvalue weighted by molar-refractivity contribution is 1.08. The Kier molecular flexibility index (Phi) is 1.93. The number of benzene rings is 1. The molecule has 0 fully saturated rings. The summed E-state index contributed by atoms with van der Waals surface area (Å²) in [7, 11) is 0. The van der Waals surface area contributed by atoms with Crippen LogP contribution < -0.4 is 11.3 Å². The molecule has 1 aromatic carbocycles. The second-order valence-corrected chi connectivity index (χ2v) is 2.53. The molecule has 2 rings (SSSR count). The van der Waals surface area contributed by atoms with E-state index in [1.54, 1.807) is 0 Å². The fourth-order valence-corrected chi connectivity index (χ4v) is 1.05. The SMILES string of the molecule is NNc1nnc(-c2ccccc2)[nH]1. The lowest BCUT2D eigenvalue weighted by Gasteiger charge is -1.93. The fraction of sp³-hybridized carbons (Fsp3) is 0. The van der Waals surface area contributed by atoms with E-state index < -0.39 is 0 Å². The summed E-state index contributed by atoms with van der Waals surface area (Å²) in [6.07, 6.45) is 0. The van der Waals surface area contributed by atoms with Crippen molar-refractivity contribution in [3.63, 3.8) is 0 Å². The molecule has 0 bridgehead atoms. The van der Waals surface area contributed by atoms with Crippen LogP contribution in [0.4, 0.5) is 5.95 Å². The maximum Gasteiger partial charge on any atom is 0.236 e. The highest BCUT2D eigenvalue weighted by Gasteiger charge is 2.01. The molecule has 5 heteroatoms. The molecule has 13 heavy (non-hydrogen) atoms. The Hall–Kier alpha value is -1.88. The van der Waals surface area contributed by atoms with Gasteiger partial charge in [0.1, 0.15) is 0 Å². The second-order valence-electron chi connectivity index (χ2n) is 2.53. The predicted octanol–water partition coefficient (Wildman–Crippen LogP) is 0.757. The highest BCUT2D eigenvalue weighted by Crippen LogP contribution is 2.13. The molecule has 0 spiro atoms. The number of hydrogen-bond acceptors (Lipinski definition) is 4. The second kappa shape index (κ2) is 3.24. The topological polar surface area (TPSA) is 79.6 Å². The minimum absolute atomic E-state index is 0.457. The summed E-state index contributed by atoms with van der Waals surface area (Å²) in [6.45, 7) is 0. The van der Waals surface area contributed by atoms with Gasteiger partial charge in [0.25, 0.3) is 0 Å². The van der Waals surface area contributed by atoms with Crippen molar-refractivity contribution in [1.82, 2.24) is 15.2 Å². The molecule has 0 saturated carbocycles. The zero-order valence-electron chi connectivity index (χ0n) is 6.86. The standard InChI is InChI=1S/C8H9N5/c9-11-8-10-7(12-13-8)6-4-2-1-3-5-6/h1-5H,9H2,(H2,10,11,12,13). The predicted molar refractivity (Wildman–Crippen MR) is 49.6 cm³/mol. The minimum atomic E-state index is 0.457. The Labute approximate surface area is 75.0 Å². The van der Waals surface area contributed by atoms with E-state index in [4.69, 9.17) is 5.84 Å². The van der Waals surface area contributed by atoms with E-state index in [1.807, 2.05) is 30.3 Å². The molecular weight excluding hydrogens is 166 g/mol. The van der Waals surface area contributed by atoms with Gasteiger partial charge >= 0.3 is 0 Å². The Balaban J connectivity index is 2.36. The molecule has 1 heterocycles. The summed E-state index contributed by atoms with van der Waals surface area (Å²) in [5.41, 5.74) is 3.37. The normalized spacial score (nSPS) is 9.92. The molecule has 0 aliphatic carbocycles. The Morgan fingerprint density at radius 2 is 1.92 bits per heavy atom. The molecule has 66 valence electrons. The molecule has 2 aromatic rings. The van der Waals surface area contributed by atoms with Gasteiger partial charge in [-0.2, -0.15) is 0 Å². The van der Waals surface area contributed by atoms with Gasteiger partial charge in [-0.3, -0.25) is 5.43 Å². The molecule has 0 atom stereocenters. The molecule has 1 aromatic heterocycles. The van der Waals surface area contributed by atoms with Crippen molar-refractivity contribution in [2.75, 3.05) is 5.43 Å². The van der Waals surface area contributed by atoms with Crippen molar-refractivity contribution in [3.8, 4) is 11.4 Å². The average molecular weight is 175 g/mol. The maximum absolute atomic E-state index is 5.16. The van der Waals surface area contributed by atoms with Gasteiger partial charge in [0, 0.05) is 5.56 Å². The summed E-state index contributed by atoms with van der Waals surface area (Å²) >= 11 is 0. The number of nitrogen functional groups attached to an aromatic ring is 1. The Bertz CT molecular complexity index is 380. The first-order chi connectivity index (χ1) is 6.40. The van der Waals surface area contributed by atoms with Crippen LogP contribution >= 0.6 is 0 Å². The third kappa shape index (κ3) is 1.50. The van der Waals surface area contributed by atoms with Gasteiger partial charge in [0.2, 0.25) is 5.95 Å². The van der Waals surface area contributed by atoms with Gasteiger partial charge in [0.05, 0.1) is 0 Å². The van der Waals surface area contributed by atoms with Crippen molar-refractivity contribution >= 4 is 5.95 Å². The number of hydrazine groups is 1. The van der Waals surface area contributed by atoms with Crippen molar-refractivity contribution in [1.29, 1.82) is 0 Å². The highest BCUT2D eigenvalue weighted by atomic mass is 15.4. The summed E-state index contributed by atoms with van der Waals surface area (Å²) in [5.74, 6) is 6.32. The number of nitrogens with zero attached hydrogens (tertiary/aromatic N) is 2. The van der Waals surface area contributed by atoms with Crippen LogP contribution in [0.25, 0.3) is 11.4 Å². The van der Waals surface area contributed by atoms with E-state index in [0.717, 1.165) is 5.56 Å². The number of nitrogens with two attached hydrogens (primary N) is 1. The molecule has 4 N–H and O–H groups in total. The molecule has 5 nitrogen and oxygen atoms in total. The van der Waals surface area contributed by atoms with Crippen LogP contribution in [0.1, 0.15) is 0 Å². The summed E-state index contributed by atoms with van der Waals surface area (Å²) in [6, 6.07) is 9.71. The number of aromatic nitrogens is 3. The number of H-pyrrole nitrogens is 1.